The van der Waals surface area contributed by atoms with E-state index in [-0.39, 0.29) is 34.8 Å². The maximum absolute atomic E-state index is 14.6. The number of sulfonamides is 1. The summed E-state index contributed by atoms with van der Waals surface area (Å²) in [5.41, 5.74) is -0.975. The highest BCUT2D eigenvalue weighted by Gasteiger charge is 2.55. The standard InChI is InChI=1S/C41H60N4O7S2/c1-6-8-10-12-14-16-23-31(3)53-34-26-19-17-24-32(34)43-38(46)36(45-39(47)41(4,5)52-40(45)48)37-42-33-25-18-20-27-35(33)54(49,50)44(37)28-22-30-51-29-21-15-13-11-9-7-2/h17-20,24-27,31,36H,6-16,21-23,28-30H2,1-5H3,(H,43,46). The third-order valence-corrected chi connectivity index (χ3v) is 12.8. The first-order chi connectivity index (χ1) is 25.9. The van der Waals surface area contributed by atoms with E-state index < -0.39 is 39.6 Å². The number of fused-ring (bicyclic) bond motifs is 1. The Balaban J connectivity index is 1.60. The third kappa shape index (κ3) is 11.6. The van der Waals surface area contributed by atoms with Gasteiger partial charge >= 0.3 is 6.09 Å². The molecule has 3 amide bonds. The van der Waals surface area contributed by atoms with Crippen LogP contribution in [0.3, 0.4) is 0 Å². The zero-order chi connectivity index (χ0) is 39.1. The van der Waals surface area contributed by atoms with Crippen molar-refractivity contribution in [3.8, 4) is 0 Å². The van der Waals surface area contributed by atoms with Crippen LogP contribution in [0.4, 0.5) is 16.2 Å². The smallest absolute Gasteiger partial charge is 0.418 e. The van der Waals surface area contributed by atoms with Crippen LogP contribution in [-0.2, 0) is 29.1 Å². The molecule has 0 aromatic heterocycles. The first-order valence-electron chi connectivity index (χ1n) is 19.8. The van der Waals surface area contributed by atoms with E-state index in [4.69, 9.17) is 14.5 Å². The Morgan fingerprint density at radius 1 is 0.870 bits per heavy atom. The van der Waals surface area contributed by atoms with Crippen LogP contribution >= 0.6 is 11.8 Å². The lowest BCUT2D eigenvalue weighted by Gasteiger charge is -2.35. The van der Waals surface area contributed by atoms with Crippen molar-refractivity contribution >= 4 is 56.9 Å². The number of thioether (sulfide) groups is 1. The molecule has 2 aromatic carbocycles. The van der Waals surface area contributed by atoms with Crippen molar-refractivity contribution in [3.05, 3.63) is 48.5 Å². The molecule has 1 fully saturated rings. The van der Waals surface area contributed by atoms with Gasteiger partial charge in [0.25, 0.3) is 21.8 Å². The molecule has 0 aliphatic carbocycles. The Morgan fingerprint density at radius 3 is 2.17 bits per heavy atom. The number of anilines is 1. The Labute approximate surface area is 327 Å². The number of ether oxygens (including phenoxy) is 2. The Morgan fingerprint density at radius 2 is 1.48 bits per heavy atom. The number of amidine groups is 1. The molecule has 1 N–H and O–H groups in total. The van der Waals surface area contributed by atoms with Crippen LogP contribution in [0.25, 0.3) is 0 Å². The summed E-state index contributed by atoms with van der Waals surface area (Å²) in [6.07, 6.45) is 14.2. The largest absolute Gasteiger partial charge is 0.433 e. The first kappa shape index (κ1) is 43.3. The SMILES string of the molecule is CCCCCCCCOCCCN1C(C(C(=O)Nc2ccccc2SC(C)CCCCCCCC)N2C(=O)OC(C)(C)C2=O)=Nc2ccccc2S1(=O)=O. The number of unbranched alkanes of at least 4 members (excludes halogenated alkanes) is 10. The molecular weight excluding hydrogens is 725 g/mol. The lowest BCUT2D eigenvalue weighted by molar-refractivity contribution is -0.137. The van der Waals surface area contributed by atoms with Crippen LogP contribution in [0.5, 0.6) is 0 Å². The van der Waals surface area contributed by atoms with Crippen LogP contribution in [0.15, 0.2) is 63.3 Å². The van der Waals surface area contributed by atoms with Gasteiger partial charge in [-0.25, -0.2) is 23.1 Å². The van der Waals surface area contributed by atoms with E-state index in [2.05, 4.69) is 26.1 Å². The number of carbonyl (C=O) groups is 3. The molecule has 54 heavy (non-hydrogen) atoms. The quantitative estimate of drug-likeness (QED) is 0.0822. The zero-order valence-electron chi connectivity index (χ0n) is 32.8. The summed E-state index contributed by atoms with van der Waals surface area (Å²) < 4.78 is 40.9. The molecule has 2 aromatic rings. The van der Waals surface area contributed by atoms with Gasteiger partial charge in [0.15, 0.2) is 17.5 Å². The predicted molar refractivity (Wildman–Crippen MR) is 216 cm³/mol. The fourth-order valence-corrected chi connectivity index (χ4v) is 9.38. The minimum absolute atomic E-state index is 0.0299. The highest BCUT2D eigenvalue weighted by Crippen LogP contribution is 2.37. The second kappa shape index (κ2) is 21.0. The minimum Gasteiger partial charge on any atom is -0.433 e. The average Bonchev–Trinajstić information content (AvgIpc) is 3.34. The predicted octanol–water partition coefficient (Wildman–Crippen LogP) is 9.48. The lowest BCUT2D eigenvalue weighted by atomic mass is 10.1. The lowest BCUT2D eigenvalue weighted by Crippen LogP contribution is -2.59. The number of para-hydroxylation sites is 2. The summed E-state index contributed by atoms with van der Waals surface area (Å²) in [7, 11) is -4.25. The van der Waals surface area contributed by atoms with E-state index >= 15 is 0 Å². The number of cyclic esters (lactones) is 1. The number of benzene rings is 2. The first-order valence-corrected chi connectivity index (χ1v) is 22.2. The highest BCUT2D eigenvalue weighted by molar-refractivity contribution is 8.00. The van der Waals surface area contributed by atoms with Crippen molar-refractivity contribution in [2.45, 2.75) is 151 Å². The van der Waals surface area contributed by atoms with Gasteiger partial charge in [-0.3, -0.25) is 13.9 Å². The van der Waals surface area contributed by atoms with Gasteiger partial charge in [-0.05, 0) is 57.4 Å². The molecule has 2 atom stereocenters. The molecule has 2 aliphatic heterocycles. The number of amides is 3. The molecule has 0 saturated carbocycles. The van der Waals surface area contributed by atoms with Crippen molar-refractivity contribution in [1.82, 2.24) is 9.21 Å². The second-order valence-electron chi connectivity index (χ2n) is 14.7. The topological polar surface area (TPSA) is 135 Å². The highest BCUT2D eigenvalue weighted by atomic mass is 32.2. The fraction of sp³-hybridized carbons (Fsp3) is 0.610. The van der Waals surface area contributed by atoms with Gasteiger partial charge in [-0.1, -0.05) is 116 Å². The zero-order valence-corrected chi connectivity index (χ0v) is 34.4. The number of hydrogen-bond acceptors (Lipinski definition) is 9. The Bertz CT molecular complexity index is 1700. The van der Waals surface area contributed by atoms with Crippen molar-refractivity contribution in [1.29, 1.82) is 0 Å². The van der Waals surface area contributed by atoms with E-state index in [1.165, 1.54) is 77.3 Å². The molecule has 2 aliphatic rings. The number of nitrogens with one attached hydrogen (secondary N) is 1. The molecular formula is C41H60N4O7S2. The van der Waals surface area contributed by atoms with Crippen LogP contribution in [0, 0.1) is 0 Å². The van der Waals surface area contributed by atoms with Crippen LogP contribution in [0.1, 0.15) is 125 Å². The van der Waals surface area contributed by atoms with Crippen LogP contribution < -0.4 is 5.32 Å². The third-order valence-electron chi connectivity index (χ3n) is 9.68. The summed E-state index contributed by atoms with van der Waals surface area (Å²) >= 11 is 1.64. The summed E-state index contributed by atoms with van der Waals surface area (Å²) in [6, 6.07) is 11.9. The number of rotatable bonds is 24. The number of hydrogen-bond donors (Lipinski definition) is 1. The molecule has 298 valence electrons. The summed E-state index contributed by atoms with van der Waals surface area (Å²) in [5, 5.41) is 3.21. The van der Waals surface area contributed by atoms with Gasteiger partial charge in [0, 0.05) is 29.9 Å². The molecule has 13 heteroatoms. The second-order valence-corrected chi connectivity index (χ2v) is 18.0. The van der Waals surface area contributed by atoms with Crippen LogP contribution in [-0.4, -0.2) is 78.0 Å². The summed E-state index contributed by atoms with van der Waals surface area (Å²) in [5.74, 6) is -1.82. The molecule has 2 heterocycles. The number of nitrogens with zero attached hydrogens (tertiary/aromatic N) is 3. The number of imide groups is 1. The number of carbonyl (C=O) groups excluding carboxylic acids is 3. The van der Waals surface area contributed by atoms with Gasteiger partial charge in [0.05, 0.1) is 11.4 Å². The summed E-state index contributed by atoms with van der Waals surface area (Å²) in [6.45, 7) is 10.2. The minimum atomic E-state index is -4.25. The monoisotopic (exact) mass is 784 g/mol. The molecule has 11 nitrogen and oxygen atoms in total. The van der Waals surface area contributed by atoms with Crippen molar-refractivity contribution in [3.63, 3.8) is 0 Å². The Kier molecular flexibility index (Phi) is 16.9. The number of aliphatic imine (C=N–C) groups is 1. The van der Waals surface area contributed by atoms with Gasteiger partial charge in [-0.15, -0.1) is 11.8 Å². The molecule has 4 rings (SSSR count). The molecule has 0 spiro atoms. The van der Waals surface area contributed by atoms with E-state index in [9.17, 15) is 22.8 Å². The maximum atomic E-state index is 14.6. The van der Waals surface area contributed by atoms with E-state index in [0.29, 0.717) is 23.6 Å². The normalized spacial score (nSPS) is 17.2. The van der Waals surface area contributed by atoms with Crippen molar-refractivity contribution < 1.29 is 32.3 Å². The van der Waals surface area contributed by atoms with E-state index in [1.54, 1.807) is 36.0 Å². The molecule has 0 radical (unpaired) electrons. The molecule has 2 unspecified atom stereocenters. The van der Waals surface area contributed by atoms with Gasteiger partial charge in [0.1, 0.15) is 4.90 Å². The van der Waals surface area contributed by atoms with E-state index in [0.717, 1.165) is 41.3 Å². The van der Waals surface area contributed by atoms with Crippen molar-refractivity contribution in [2.24, 2.45) is 4.99 Å². The van der Waals surface area contributed by atoms with Gasteiger partial charge < -0.3 is 14.8 Å². The van der Waals surface area contributed by atoms with Crippen LogP contribution in [0.2, 0.25) is 0 Å². The summed E-state index contributed by atoms with van der Waals surface area (Å²) in [4.78, 5) is 48.0. The van der Waals surface area contributed by atoms with Gasteiger partial charge in [0.2, 0.25) is 0 Å². The Hall–Kier alpha value is -3.42. The maximum Gasteiger partial charge on any atom is 0.418 e. The fourth-order valence-electron chi connectivity index (χ4n) is 6.64. The molecule has 1 saturated heterocycles. The van der Waals surface area contributed by atoms with E-state index in [1.807, 2.05) is 12.1 Å². The average molecular weight is 785 g/mol. The van der Waals surface area contributed by atoms with Gasteiger partial charge in [-0.2, -0.15) is 0 Å². The molecule has 0 bridgehead atoms. The van der Waals surface area contributed by atoms with Crippen molar-refractivity contribution in [2.75, 3.05) is 25.1 Å².